The number of anilines is 1. The van der Waals surface area contributed by atoms with Gasteiger partial charge in [0.05, 0.1) is 0 Å². The highest BCUT2D eigenvalue weighted by Crippen LogP contribution is 2.19. The minimum absolute atomic E-state index is 0.809. The molecule has 0 aliphatic carbocycles. The molecule has 0 atom stereocenters. The van der Waals surface area contributed by atoms with Crippen molar-refractivity contribution >= 4 is 16.7 Å². The quantitative estimate of drug-likeness (QED) is 0.784. The van der Waals surface area contributed by atoms with Gasteiger partial charge in [0.1, 0.15) is 0 Å². The molecule has 72 valence electrons. The summed E-state index contributed by atoms with van der Waals surface area (Å²) >= 11 is 0. The number of aromatic nitrogens is 2. The normalized spacial score (nSPS) is 10.4. The van der Waals surface area contributed by atoms with Crippen LogP contribution in [0.1, 0.15) is 12.6 Å². The second kappa shape index (κ2) is 3.62. The van der Waals surface area contributed by atoms with Crippen LogP contribution >= 0.6 is 0 Å². The molecule has 0 radical (unpaired) electrons. The van der Waals surface area contributed by atoms with Gasteiger partial charge in [-0.15, -0.1) is 0 Å². The fourth-order valence-electron chi connectivity index (χ4n) is 1.47. The highest BCUT2D eigenvalue weighted by atomic mass is 14.9. The van der Waals surface area contributed by atoms with Crippen LogP contribution in [-0.4, -0.2) is 16.5 Å². The summed E-state index contributed by atoms with van der Waals surface area (Å²) in [6.07, 6.45) is 1.78. The average molecular weight is 187 g/mol. The standard InChI is InChI=1S/C11H13N3/c1-3-12-10-6-7-13-11-9(10)5-4-8(2)14-11/h4-7H,3H2,1-2H3,(H,12,13,14). The van der Waals surface area contributed by atoms with Crippen molar-refractivity contribution in [2.75, 3.05) is 11.9 Å². The molecule has 0 fully saturated rings. The third-order valence-corrected chi connectivity index (χ3v) is 2.11. The molecule has 0 bridgehead atoms. The summed E-state index contributed by atoms with van der Waals surface area (Å²) in [6, 6.07) is 6.04. The molecule has 3 nitrogen and oxygen atoms in total. The first-order chi connectivity index (χ1) is 6.81. The van der Waals surface area contributed by atoms with Crippen LogP contribution < -0.4 is 5.32 Å². The van der Waals surface area contributed by atoms with Crippen molar-refractivity contribution in [2.45, 2.75) is 13.8 Å². The van der Waals surface area contributed by atoms with E-state index in [2.05, 4.69) is 28.3 Å². The fraction of sp³-hybridized carbons (Fsp3) is 0.273. The van der Waals surface area contributed by atoms with E-state index in [4.69, 9.17) is 0 Å². The van der Waals surface area contributed by atoms with Gasteiger partial charge in [-0.05, 0) is 32.0 Å². The highest BCUT2D eigenvalue weighted by Gasteiger charge is 2.01. The molecule has 0 aliphatic heterocycles. The van der Waals surface area contributed by atoms with Gasteiger partial charge < -0.3 is 5.32 Å². The number of hydrogen-bond acceptors (Lipinski definition) is 3. The first-order valence-electron chi connectivity index (χ1n) is 4.77. The second-order valence-corrected chi connectivity index (χ2v) is 3.21. The van der Waals surface area contributed by atoms with Crippen LogP contribution in [0.5, 0.6) is 0 Å². The van der Waals surface area contributed by atoms with Gasteiger partial charge in [-0.3, -0.25) is 0 Å². The Hall–Kier alpha value is -1.64. The van der Waals surface area contributed by atoms with E-state index in [9.17, 15) is 0 Å². The number of nitrogens with zero attached hydrogens (tertiary/aromatic N) is 2. The molecule has 0 amide bonds. The summed E-state index contributed by atoms with van der Waals surface area (Å²) in [6.45, 7) is 4.96. The SMILES string of the molecule is CCNc1ccnc2nc(C)ccc12. The largest absolute Gasteiger partial charge is 0.385 e. The Labute approximate surface area is 83.2 Å². The minimum atomic E-state index is 0.809. The van der Waals surface area contributed by atoms with E-state index in [-0.39, 0.29) is 0 Å². The summed E-state index contributed by atoms with van der Waals surface area (Å²) in [4.78, 5) is 8.60. The van der Waals surface area contributed by atoms with Crippen molar-refractivity contribution in [2.24, 2.45) is 0 Å². The third kappa shape index (κ3) is 1.53. The Balaban J connectivity index is 2.62. The maximum atomic E-state index is 4.37. The number of nitrogens with one attached hydrogen (secondary N) is 1. The monoisotopic (exact) mass is 187 g/mol. The maximum absolute atomic E-state index is 4.37. The van der Waals surface area contributed by atoms with Crippen LogP contribution in [0.25, 0.3) is 11.0 Å². The minimum Gasteiger partial charge on any atom is -0.385 e. The van der Waals surface area contributed by atoms with Crippen LogP contribution in [0.15, 0.2) is 24.4 Å². The van der Waals surface area contributed by atoms with Gasteiger partial charge in [0, 0.05) is 29.5 Å². The number of fused-ring (bicyclic) bond motifs is 1. The number of rotatable bonds is 2. The third-order valence-electron chi connectivity index (χ3n) is 2.11. The van der Waals surface area contributed by atoms with Gasteiger partial charge in [0.2, 0.25) is 0 Å². The summed E-state index contributed by atoms with van der Waals surface area (Å²) in [5.74, 6) is 0. The molecule has 0 saturated carbocycles. The van der Waals surface area contributed by atoms with E-state index in [1.807, 2.05) is 19.1 Å². The molecule has 2 heterocycles. The topological polar surface area (TPSA) is 37.8 Å². The molecule has 0 unspecified atom stereocenters. The molecule has 1 N–H and O–H groups in total. The van der Waals surface area contributed by atoms with Crippen molar-refractivity contribution in [3.8, 4) is 0 Å². The van der Waals surface area contributed by atoms with Crippen LogP contribution in [-0.2, 0) is 0 Å². The number of aryl methyl sites for hydroxylation is 1. The lowest BCUT2D eigenvalue weighted by molar-refractivity contribution is 1.18. The van der Waals surface area contributed by atoms with Gasteiger partial charge in [0.25, 0.3) is 0 Å². The van der Waals surface area contributed by atoms with Crippen LogP contribution in [0.2, 0.25) is 0 Å². The Morgan fingerprint density at radius 2 is 2.14 bits per heavy atom. The molecule has 2 aromatic heterocycles. The van der Waals surface area contributed by atoms with Crippen molar-refractivity contribution in [1.82, 2.24) is 9.97 Å². The molecule has 14 heavy (non-hydrogen) atoms. The fourth-order valence-corrected chi connectivity index (χ4v) is 1.47. The van der Waals surface area contributed by atoms with E-state index < -0.39 is 0 Å². The lowest BCUT2D eigenvalue weighted by Gasteiger charge is -2.06. The Kier molecular flexibility index (Phi) is 2.31. The lowest BCUT2D eigenvalue weighted by atomic mass is 10.2. The molecule has 0 saturated heterocycles. The Bertz CT molecular complexity index is 451. The number of hydrogen-bond donors (Lipinski definition) is 1. The summed E-state index contributed by atoms with van der Waals surface area (Å²) < 4.78 is 0. The second-order valence-electron chi connectivity index (χ2n) is 3.21. The van der Waals surface area contributed by atoms with Crippen molar-refractivity contribution in [3.63, 3.8) is 0 Å². The molecule has 0 spiro atoms. The van der Waals surface area contributed by atoms with Gasteiger partial charge in [0.15, 0.2) is 5.65 Å². The highest BCUT2D eigenvalue weighted by molar-refractivity contribution is 5.88. The van der Waals surface area contributed by atoms with E-state index in [1.54, 1.807) is 6.20 Å². The lowest BCUT2D eigenvalue weighted by Crippen LogP contribution is -1.98. The zero-order valence-electron chi connectivity index (χ0n) is 8.41. The average Bonchev–Trinajstić information content (AvgIpc) is 2.18. The predicted octanol–water partition coefficient (Wildman–Crippen LogP) is 2.37. The van der Waals surface area contributed by atoms with Gasteiger partial charge >= 0.3 is 0 Å². The molecule has 2 rings (SSSR count). The molecule has 2 aromatic rings. The number of pyridine rings is 2. The van der Waals surface area contributed by atoms with Crippen molar-refractivity contribution < 1.29 is 0 Å². The van der Waals surface area contributed by atoms with E-state index >= 15 is 0 Å². The van der Waals surface area contributed by atoms with Crippen molar-refractivity contribution in [1.29, 1.82) is 0 Å². The Morgan fingerprint density at radius 1 is 1.29 bits per heavy atom. The maximum Gasteiger partial charge on any atom is 0.161 e. The summed E-state index contributed by atoms with van der Waals surface area (Å²) in [5, 5.41) is 4.37. The zero-order valence-corrected chi connectivity index (χ0v) is 8.41. The zero-order chi connectivity index (χ0) is 9.97. The predicted molar refractivity (Wildman–Crippen MR) is 58.4 cm³/mol. The molecular formula is C11H13N3. The van der Waals surface area contributed by atoms with Crippen LogP contribution in [0.4, 0.5) is 5.69 Å². The van der Waals surface area contributed by atoms with Crippen molar-refractivity contribution in [3.05, 3.63) is 30.1 Å². The molecule has 0 aromatic carbocycles. The smallest absolute Gasteiger partial charge is 0.161 e. The van der Waals surface area contributed by atoms with Gasteiger partial charge in [-0.2, -0.15) is 0 Å². The summed E-state index contributed by atoms with van der Waals surface area (Å²) in [7, 11) is 0. The Morgan fingerprint density at radius 3 is 2.93 bits per heavy atom. The van der Waals surface area contributed by atoms with E-state index in [1.165, 1.54) is 0 Å². The van der Waals surface area contributed by atoms with Crippen LogP contribution in [0.3, 0.4) is 0 Å². The van der Waals surface area contributed by atoms with E-state index in [0.29, 0.717) is 0 Å². The van der Waals surface area contributed by atoms with Gasteiger partial charge in [-0.25, -0.2) is 9.97 Å². The molecular weight excluding hydrogens is 174 g/mol. The first-order valence-corrected chi connectivity index (χ1v) is 4.77. The van der Waals surface area contributed by atoms with Crippen LogP contribution in [0, 0.1) is 6.92 Å². The molecule has 0 aliphatic rings. The first kappa shape index (κ1) is 8.94. The molecule has 3 heteroatoms. The van der Waals surface area contributed by atoms with Gasteiger partial charge in [-0.1, -0.05) is 0 Å². The summed E-state index contributed by atoms with van der Waals surface area (Å²) in [5.41, 5.74) is 2.91. The van der Waals surface area contributed by atoms with E-state index in [0.717, 1.165) is 29.0 Å².